The highest BCUT2D eigenvalue weighted by Crippen LogP contribution is 2.15. The third-order valence-electron chi connectivity index (χ3n) is 4.60. The van der Waals surface area contributed by atoms with Crippen LogP contribution in [0, 0.1) is 0 Å². The average molecular weight is 396 g/mol. The van der Waals surface area contributed by atoms with Gasteiger partial charge >= 0.3 is 6.01 Å². The van der Waals surface area contributed by atoms with Crippen LogP contribution >= 0.6 is 11.3 Å². The Balaban J connectivity index is 1.30. The number of piperazine rings is 1. The van der Waals surface area contributed by atoms with E-state index in [2.05, 4.69) is 27.3 Å². The van der Waals surface area contributed by atoms with Gasteiger partial charge in [-0.05, 0) is 17.0 Å². The zero-order chi connectivity index (χ0) is 19.3. The first kappa shape index (κ1) is 18.4. The average Bonchev–Trinajstić information content (AvgIpc) is 3.41. The van der Waals surface area contributed by atoms with Crippen molar-refractivity contribution in [3.8, 4) is 0 Å². The van der Waals surface area contributed by atoms with Crippen molar-refractivity contribution in [2.45, 2.75) is 6.54 Å². The molecule has 2 aromatic heterocycles. The SMILES string of the molecule is O=C(Nc1nc(C(=O)N2CCN(Cc3ccccc3)CC2)co1)c1cccs1. The Morgan fingerprint density at radius 1 is 1.07 bits per heavy atom. The summed E-state index contributed by atoms with van der Waals surface area (Å²) in [5.74, 6) is -0.481. The summed E-state index contributed by atoms with van der Waals surface area (Å²) in [4.78, 5) is 33.5. The molecule has 0 atom stereocenters. The molecule has 1 fully saturated rings. The van der Waals surface area contributed by atoms with Gasteiger partial charge in [-0.3, -0.25) is 19.8 Å². The lowest BCUT2D eigenvalue weighted by Gasteiger charge is -2.34. The molecule has 2 amide bonds. The van der Waals surface area contributed by atoms with Crippen LogP contribution in [0.25, 0.3) is 0 Å². The minimum absolute atomic E-state index is 0.0319. The van der Waals surface area contributed by atoms with Crippen LogP contribution in [0.2, 0.25) is 0 Å². The molecule has 1 aliphatic rings. The smallest absolute Gasteiger partial charge is 0.302 e. The molecule has 0 aliphatic carbocycles. The molecule has 3 heterocycles. The quantitative estimate of drug-likeness (QED) is 0.717. The summed E-state index contributed by atoms with van der Waals surface area (Å²) in [7, 11) is 0. The summed E-state index contributed by atoms with van der Waals surface area (Å²) < 4.78 is 5.25. The van der Waals surface area contributed by atoms with E-state index in [-0.39, 0.29) is 23.5 Å². The number of anilines is 1. The molecule has 0 bridgehead atoms. The molecule has 1 aliphatic heterocycles. The summed E-state index contributed by atoms with van der Waals surface area (Å²) in [6.07, 6.45) is 1.29. The van der Waals surface area contributed by atoms with Crippen molar-refractivity contribution in [1.29, 1.82) is 0 Å². The lowest BCUT2D eigenvalue weighted by molar-refractivity contribution is 0.0622. The monoisotopic (exact) mass is 396 g/mol. The van der Waals surface area contributed by atoms with Crippen LogP contribution in [-0.4, -0.2) is 52.8 Å². The Kier molecular flexibility index (Phi) is 5.50. The Morgan fingerprint density at radius 3 is 2.57 bits per heavy atom. The van der Waals surface area contributed by atoms with Crippen LogP contribution in [0.3, 0.4) is 0 Å². The van der Waals surface area contributed by atoms with Crippen LogP contribution < -0.4 is 5.32 Å². The van der Waals surface area contributed by atoms with Crippen molar-refractivity contribution in [2.75, 3.05) is 31.5 Å². The number of nitrogens with one attached hydrogen (secondary N) is 1. The number of thiophene rings is 1. The van der Waals surface area contributed by atoms with Crippen LogP contribution in [-0.2, 0) is 6.54 Å². The van der Waals surface area contributed by atoms with E-state index in [0.717, 1.165) is 19.6 Å². The standard InChI is InChI=1S/C20H20N4O3S/c25-18(17-7-4-12-28-17)22-20-21-16(14-27-20)19(26)24-10-8-23(9-11-24)13-15-5-2-1-3-6-15/h1-7,12,14H,8-11,13H2,(H,21,22,25). The maximum absolute atomic E-state index is 12.7. The number of aromatic nitrogens is 1. The maximum Gasteiger partial charge on any atom is 0.302 e. The van der Waals surface area contributed by atoms with E-state index in [1.54, 1.807) is 17.0 Å². The van der Waals surface area contributed by atoms with Crippen molar-refractivity contribution >= 4 is 29.2 Å². The van der Waals surface area contributed by atoms with Gasteiger partial charge in [0, 0.05) is 32.7 Å². The van der Waals surface area contributed by atoms with E-state index < -0.39 is 0 Å². The molecule has 0 radical (unpaired) electrons. The minimum Gasteiger partial charge on any atom is -0.431 e. The summed E-state index contributed by atoms with van der Waals surface area (Å²) in [6, 6.07) is 13.8. The summed E-state index contributed by atoms with van der Waals surface area (Å²) in [5, 5.41) is 4.39. The number of carbonyl (C=O) groups is 2. The van der Waals surface area contributed by atoms with Crippen LogP contribution in [0.15, 0.2) is 58.5 Å². The molecule has 3 aromatic rings. The molecule has 4 rings (SSSR count). The van der Waals surface area contributed by atoms with E-state index in [4.69, 9.17) is 4.42 Å². The topological polar surface area (TPSA) is 78.7 Å². The number of oxazole rings is 1. The highest BCUT2D eigenvalue weighted by molar-refractivity contribution is 7.12. The Morgan fingerprint density at radius 2 is 1.86 bits per heavy atom. The van der Waals surface area contributed by atoms with Gasteiger partial charge in [0.1, 0.15) is 6.26 Å². The van der Waals surface area contributed by atoms with Gasteiger partial charge in [0.15, 0.2) is 5.69 Å². The van der Waals surface area contributed by atoms with Crippen LogP contribution in [0.5, 0.6) is 0 Å². The fourth-order valence-corrected chi connectivity index (χ4v) is 3.73. The third kappa shape index (κ3) is 4.29. The molecule has 7 nitrogen and oxygen atoms in total. The molecule has 0 saturated carbocycles. The van der Waals surface area contributed by atoms with Gasteiger partial charge in [0.05, 0.1) is 4.88 Å². The van der Waals surface area contributed by atoms with Crippen LogP contribution in [0.1, 0.15) is 25.7 Å². The predicted octanol–water partition coefficient (Wildman–Crippen LogP) is 2.95. The second-order valence-corrected chi connectivity index (χ2v) is 7.47. The Labute approximate surface area is 166 Å². The van der Waals surface area contributed by atoms with Crippen molar-refractivity contribution in [1.82, 2.24) is 14.8 Å². The van der Waals surface area contributed by atoms with Gasteiger partial charge in [-0.25, -0.2) is 0 Å². The van der Waals surface area contributed by atoms with E-state index in [1.165, 1.54) is 23.2 Å². The first-order chi connectivity index (χ1) is 13.7. The molecule has 1 aromatic carbocycles. The molecule has 0 spiro atoms. The number of hydrogen-bond donors (Lipinski definition) is 1. The second-order valence-electron chi connectivity index (χ2n) is 6.52. The van der Waals surface area contributed by atoms with E-state index in [1.807, 2.05) is 23.6 Å². The predicted molar refractivity (Wildman–Crippen MR) is 106 cm³/mol. The van der Waals surface area contributed by atoms with Crippen molar-refractivity contribution < 1.29 is 14.0 Å². The lowest BCUT2D eigenvalue weighted by atomic mass is 10.2. The highest BCUT2D eigenvalue weighted by atomic mass is 32.1. The zero-order valence-electron chi connectivity index (χ0n) is 15.2. The van der Waals surface area contributed by atoms with Gasteiger partial charge in [0.25, 0.3) is 11.8 Å². The summed E-state index contributed by atoms with van der Waals surface area (Å²) in [5.41, 5.74) is 1.47. The van der Waals surface area contributed by atoms with Crippen molar-refractivity contribution in [3.05, 3.63) is 70.2 Å². The molecule has 144 valence electrons. The Bertz CT molecular complexity index is 932. The number of benzene rings is 1. The molecule has 0 unspecified atom stereocenters. The molecule has 1 N–H and O–H groups in total. The minimum atomic E-state index is -0.301. The number of amides is 2. The number of carbonyl (C=O) groups excluding carboxylic acids is 2. The second kappa shape index (κ2) is 8.37. The largest absolute Gasteiger partial charge is 0.431 e. The fraction of sp³-hybridized carbons (Fsp3) is 0.250. The van der Waals surface area contributed by atoms with Crippen LogP contribution in [0.4, 0.5) is 6.01 Å². The molecule has 1 saturated heterocycles. The molecular weight excluding hydrogens is 376 g/mol. The normalized spacial score (nSPS) is 14.8. The van der Waals surface area contributed by atoms with Gasteiger partial charge in [-0.1, -0.05) is 36.4 Å². The molecule has 8 heteroatoms. The van der Waals surface area contributed by atoms with E-state index in [9.17, 15) is 9.59 Å². The van der Waals surface area contributed by atoms with E-state index >= 15 is 0 Å². The summed E-state index contributed by atoms with van der Waals surface area (Å²) >= 11 is 1.33. The number of nitrogens with zero attached hydrogens (tertiary/aromatic N) is 3. The van der Waals surface area contributed by atoms with Gasteiger partial charge in [-0.15, -0.1) is 11.3 Å². The lowest BCUT2D eigenvalue weighted by Crippen LogP contribution is -2.48. The number of hydrogen-bond acceptors (Lipinski definition) is 6. The Hall–Kier alpha value is -2.97. The number of rotatable bonds is 5. The fourth-order valence-electron chi connectivity index (χ4n) is 3.11. The van der Waals surface area contributed by atoms with Gasteiger partial charge < -0.3 is 9.32 Å². The zero-order valence-corrected chi connectivity index (χ0v) is 16.0. The molecular formula is C20H20N4O3S. The summed E-state index contributed by atoms with van der Waals surface area (Å²) in [6.45, 7) is 3.76. The van der Waals surface area contributed by atoms with Gasteiger partial charge in [0.2, 0.25) is 0 Å². The third-order valence-corrected chi connectivity index (χ3v) is 5.47. The first-order valence-corrected chi connectivity index (χ1v) is 9.93. The highest BCUT2D eigenvalue weighted by Gasteiger charge is 2.25. The first-order valence-electron chi connectivity index (χ1n) is 9.05. The molecule has 28 heavy (non-hydrogen) atoms. The van der Waals surface area contributed by atoms with Crippen molar-refractivity contribution in [3.63, 3.8) is 0 Å². The van der Waals surface area contributed by atoms with E-state index in [0.29, 0.717) is 18.0 Å². The van der Waals surface area contributed by atoms with Crippen molar-refractivity contribution in [2.24, 2.45) is 0 Å². The maximum atomic E-state index is 12.7. The van der Waals surface area contributed by atoms with Gasteiger partial charge in [-0.2, -0.15) is 4.98 Å².